The molecule has 3 rings (SSSR count). The highest BCUT2D eigenvalue weighted by Gasteiger charge is 2.29. The SMILES string of the molecule is Cc1cc(Cn2cc3c(C(=O)NCCNC(=O)O)nccc3n2)cnc1OCC(F)(F)F. The van der Waals surface area contributed by atoms with Crippen molar-refractivity contribution in [2.75, 3.05) is 19.7 Å². The van der Waals surface area contributed by atoms with Crippen molar-refractivity contribution in [3.05, 3.63) is 47.5 Å². The summed E-state index contributed by atoms with van der Waals surface area (Å²) < 4.78 is 43.2. The third-order valence-corrected chi connectivity index (χ3v) is 4.19. The summed E-state index contributed by atoms with van der Waals surface area (Å²) in [7, 11) is 0. The molecular formula is C19H19F3N6O4. The summed E-state index contributed by atoms with van der Waals surface area (Å²) in [6.07, 6.45) is -1.19. The van der Waals surface area contributed by atoms with E-state index < -0.39 is 24.8 Å². The zero-order valence-corrected chi connectivity index (χ0v) is 16.8. The minimum Gasteiger partial charge on any atom is -0.468 e. The van der Waals surface area contributed by atoms with Gasteiger partial charge in [-0.1, -0.05) is 0 Å². The lowest BCUT2D eigenvalue weighted by molar-refractivity contribution is -0.154. The molecular weight excluding hydrogens is 433 g/mol. The Balaban J connectivity index is 1.71. The maximum atomic E-state index is 12.4. The number of ether oxygens (including phenoxy) is 1. The molecule has 0 saturated heterocycles. The fraction of sp³-hybridized carbons (Fsp3) is 0.316. The minimum atomic E-state index is -4.45. The molecule has 0 aromatic carbocycles. The van der Waals surface area contributed by atoms with Crippen LogP contribution in [0.4, 0.5) is 18.0 Å². The number of aryl methyl sites for hydroxylation is 1. The number of carbonyl (C=O) groups is 2. The molecule has 3 aromatic rings. The van der Waals surface area contributed by atoms with Crippen molar-refractivity contribution >= 4 is 22.9 Å². The maximum Gasteiger partial charge on any atom is 0.422 e. The predicted octanol–water partition coefficient (Wildman–Crippen LogP) is 2.12. The van der Waals surface area contributed by atoms with Crippen LogP contribution in [-0.2, 0) is 6.54 Å². The van der Waals surface area contributed by atoms with Crippen molar-refractivity contribution in [2.24, 2.45) is 0 Å². The monoisotopic (exact) mass is 452 g/mol. The fourth-order valence-electron chi connectivity index (χ4n) is 2.88. The van der Waals surface area contributed by atoms with Gasteiger partial charge in [-0.3, -0.25) is 14.5 Å². The Hall–Kier alpha value is -3.90. The van der Waals surface area contributed by atoms with E-state index in [9.17, 15) is 22.8 Å². The molecule has 13 heteroatoms. The van der Waals surface area contributed by atoms with E-state index in [0.29, 0.717) is 22.0 Å². The fourth-order valence-corrected chi connectivity index (χ4v) is 2.88. The average molecular weight is 452 g/mol. The summed E-state index contributed by atoms with van der Waals surface area (Å²) in [5, 5.41) is 18.1. The van der Waals surface area contributed by atoms with Gasteiger partial charge >= 0.3 is 12.3 Å². The number of aromatic nitrogens is 4. The van der Waals surface area contributed by atoms with E-state index in [1.54, 1.807) is 29.9 Å². The van der Waals surface area contributed by atoms with E-state index in [1.165, 1.54) is 12.4 Å². The molecule has 32 heavy (non-hydrogen) atoms. The van der Waals surface area contributed by atoms with Crippen LogP contribution < -0.4 is 15.4 Å². The van der Waals surface area contributed by atoms with Crippen LogP contribution in [0.2, 0.25) is 0 Å². The lowest BCUT2D eigenvalue weighted by atomic mass is 10.2. The number of halogens is 3. The first-order valence-electron chi connectivity index (χ1n) is 9.34. The van der Waals surface area contributed by atoms with Crippen LogP contribution in [-0.4, -0.2) is 62.7 Å². The van der Waals surface area contributed by atoms with Crippen molar-refractivity contribution in [3.8, 4) is 5.88 Å². The maximum absolute atomic E-state index is 12.4. The van der Waals surface area contributed by atoms with Crippen LogP contribution >= 0.6 is 0 Å². The van der Waals surface area contributed by atoms with Crippen molar-refractivity contribution in [3.63, 3.8) is 0 Å². The topological polar surface area (TPSA) is 131 Å². The number of fused-ring (bicyclic) bond motifs is 1. The van der Waals surface area contributed by atoms with Gasteiger partial charge in [-0.2, -0.15) is 18.3 Å². The Bertz CT molecular complexity index is 1130. The molecule has 3 N–H and O–H groups in total. The van der Waals surface area contributed by atoms with Gasteiger partial charge < -0.3 is 20.5 Å². The number of carboxylic acid groups (broad SMARTS) is 1. The third-order valence-electron chi connectivity index (χ3n) is 4.19. The third kappa shape index (κ3) is 6.06. The molecule has 0 aliphatic carbocycles. The normalized spacial score (nSPS) is 11.4. The molecule has 0 bridgehead atoms. The quantitative estimate of drug-likeness (QED) is 0.446. The number of hydrogen-bond donors (Lipinski definition) is 3. The molecule has 2 amide bonds. The van der Waals surface area contributed by atoms with Gasteiger partial charge in [0.25, 0.3) is 5.91 Å². The highest BCUT2D eigenvalue weighted by molar-refractivity contribution is 6.04. The van der Waals surface area contributed by atoms with Crippen LogP contribution in [0.3, 0.4) is 0 Å². The van der Waals surface area contributed by atoms with E-state index in [2.05, 4.69) is 25.7 Å². The highest BCUT2D eigenvalue weighted by atomic mass is 19.4. The van der Waals surface area contributed by atoms with Gasteiger partial charge in [-0.25, -0.2) is 9.78 Å². The Morgan fingerprint density at radius 1 is 1.22 bits per heavy atom. The molecule has 0 fully saturated rings. The standard InChI is InChI=1S/C19H19F3N6O4/c1-11-6-12(7-26-17(11)32-10-19(20,21)22)8-28-9-13-14(27-28)2-3-23-15(13)16(29)24-4-5-25-18(30)31/h2-3,6-7,9,25H,4-5,8,10H2,1H3,(H,24,29)(H,30,31). The van der Waals surface area contributed by atoms with Gasteiger partial charge in [-0.15, -0.1) is 0 Å². The molecule has 3 heterocycles. The van der Waals surface area contributed by atoms with Crippen LogP contribution in [0.15, 0.2) is 30.7 Å². The zero-order chi connectivity index (χ0) is 23.3. The first-order valence-corrected chi connectivity index (χ1v) is 9.34. The molecule has 10 nitrogen and oxygen atoms in total. The minimum absolute atomic E-state index is 0.0470. The van der Waals surface area contributed by atoms with Gasteiger partial charge in [0.05, 0.1) is 17.4 Å². The molecule has 0 aliphatic rings. The van der Waals surface area contributed by atoms with Crippen LogP contribution in [0, 0.1) is 6.92 Å². The van der Waals surface area contributed by atoms with Crippen LogP contribution in [0.25, 0.3) is 10.9 Å². The number of nitrogens with zero attached hydrogens (tertiary/aromatic N) is 4. The lowest BCUT2D eigenvalue weighted by Gasteiger charge is -2.11. The Kier molecular flexibility index (Phi) is 6.76. The van der Waals surface area contributed by atoms with Gasteiger partial charge in [0.15, 0.2) is 6.61 Å². The summed E-state index contributed by atoms with van der Waals surface area (Å²) in [5.41, 5.74) is 1.77. The number of carbonyl (C=O) groups excluding carboxylic acids is 1. The van der Waals surface area contributed by atoms with Gasteiger partial charge in [0.2, 0.25) is 5.88 Å². The molecule has 0 atom stereocenters. The number of nitrogens with one attached hydrogen (secondary N) is 2. The highest BCUT2D eigenvalue weighted by Crippen LogP contribution is 2.21. The van der Waals surface area contributed by atoms with E-state index in [-0.39, 0.29) is 31.2 Å². The number of hydrogen-bond acceptors (Lipinski definition) is 6. The van der Waals surface area contributed by atoms with Gasteiger partial charge in [0.1, 0.15) is 5.69 Å². The predicted molar refractivity (Wildman–Crippen MR) is 106 cm³/mol. The van der Waals surface area contributed by atoms with Gasteiger partial charge in [-0.05, 0) is 24.6 Å². The molecule has 0 radical (unpaired) electrons. The number of rotatable bonds is 8. The summed E-state index contributed by atoms with van der Waals surface area (Å²) >= 11 is 0. The summed E-state index contributed by atoms with van der Waals surface area (Å²) in [6.45, 7) is 0.560. The second-order valence-electron chi connectivity index (χ2n) is 6.78. The summed E-state index contributed by atoms with van der Waals surface area (Å²) in [5.74, 6) is -0.580. The largest absolute Gasteiger partial charge is 0.468 e. The Morgan fingerprint density at radius 2 is 1.97 bits per heavy atom. The first kappa shape index (κ1) is 22.8. The van der Waals surface area contributed by atoms with E-state index in [0.717, 1.165) is 0 Å². The molecule has 0 saturated carbocycles. The van der Waals surface area contributed by atoms with Crippen molar-refractivity contribution in [1.29, 1.82) is 0 Å². The summed E-state index contributed by atoms with van der Waals surface area (Å²) in [4.78, 5) is 30.9. The lowest BCUT2D eigenvalue weighted by Crippen LogP contribution is -2.34. The Labute approximate surface area is 179 Å². The molecule has 0 aliphatic heterocycles. The average Bonchev–Trinajstić information content (AvgIpc) is 3.12. The summed E-state index contributed by atoms with van der Waals surface area (Å²) in [6, 6.07) is 3.28. The molecule has 0 unspecified atom stereocenters. The van der Waals surface area contributed by atoms with Crippen molar-refractivity contribution < 1.29 is 32.6 Å². The Morgan fingerprint density at radius 3 is 2.66 bits per heavy atom. The van der Waals surface area contributed by atoms with Crippen LogP contribution in [0.1, 0.15) is 21.6 Å². The van der Waals surface area contributed by atoms with Crippen LogP contribution in [0.5, 0.6) is 5.88 Å². The smallest absolute Gasteiger partial charge is 0.422 e. The second-order valence-corrected chi connectivity index (χ2v) is 6.78. The van der Waals surface area contributed by atoms with E-state index in [1.807, 2.05) is 0 Å². The second kappa shape index (κ2) is 9.49. The van der Waals surface area contributed by atoms with Crippen molar-refractivity contribution in [2.45, 2.75) is 19.6 Å². The number of amides is 2. The molecule has 3 aromatic heterocycles. The molecule has 0 spiro atoms. The van der Waals surface area contributed by atoms with Gasteiger partial charge in [0, 0.05) is 37.2 Å². The van der Waals surface area contributed by atoms with E-state index in [4.69, 9.17) is 9.84 Å². The van der Waals surface area contributed by atoms with E-state index >= 15 is 0 Å². The number of alkyl halides is 3. The zero-order valence-electron chi connectivity index (χ0n) is 16.8. The number of pyridine rings is 2. The molecule has 170 valence electrons. The first-order chi connectivity index (χ1) is 15.1. The van der Waals surface area contributed by atoms with Crippen molar-refractivity contribution in [1.82, 2.24) is 30.4 Å².